The largest absolute Gasteiger partial charge is 0.509 e. The van der Waals surface area contributed by atoms with Crippen LogP contribution >= 0.6 is 0 Å². The van der Waals surface area contributed by atoms with E-state index >= 15 is 0 Å². The molecule has 0 heterocycles. The minimum absolute atomic E-state index is 0.366. The molecule has 5 nitrogen and oxygen atoms in total. The Kier molecular flexibility index (Phi) is 3.05. The monoisotopic (exact) mass is 296 g/mol. The maximum atomic E-state index is 12.0. The molecule has 0 amide bonds. The Morgan fingerprint density at radius 1 is 1.10 bits per heavy atom. The molecule has 0 saturated heterocycles. The van der Waals surface area contributed by atoms with Gasteiger partial charge in [-0.1, -0.05) is 0 Å². The molecule has 4 aliphatic carbocycles. The van der Waals surface area contributed by atoms with E-state index in [-0.39, 0.29) is 0 Å². The second kappa shape index (κ2) is 4.37. The molecule has 4 rings (SSSR count). The van der Waals surface area contributed by atoms with Crippen molar-refractivity contribution in [3.63, 3.8) is 0 Å². The smallest absolute Gasteiger partial charge is 0.481 e. The average Bonchev–Trinajstić information content (AvgIpc) is 2.22. The molecule has 0 radical (unpaired) electrons. The minimum Gasteiger partial charge on any atom is -0.481 e. The normalized spacial score (nSPS) is 40.9. The van der Waals surface area contributed by atoms with E-state index in [4.69, 9.17) is 9.47 Å². The molecule has 0 aromatic heterocycles. The van der Waals surface area contributed by atoms with Crippen molar-refractivity contribution in [2.75, 3.05) is 0 Å². The van der Waals surface area contributed by atoms with Crippen LogP contribution in [0.5, 0.6) is 0 Å². The quantitative estimate of drug-likeness (QED) is 0.791. The van der Waals surface area contributed by atoms with Gasteiger partial charge in [-0.15, -0.1) is 0 Å². The summed E-state index contributed by atoms with van der Waals surface area (Å²) in [5.74, 6) is 0.00309. The van der Waals surface area contributed by atoms with E-state index < -0.39 is 28.7 Å². The number of carbonyl (C=O) groups excluding carboxylic acids is 1. The van der Waals surface area contributed by atoms with Gasteiger partial charge in [0.15, 0.2) is 0 Å². The van der Waals surface area contributed by atoms with Crippen LogP contribution in [0, 0.1) is 17.3 Å². The van der Waals surface area contributed by atoms with E-state index in [0.717, 1.165) is 32.1 Å². The van der Waals surface area contributed by atoms with Crippen molar-refractivity contribution in [1.82, 2.24) is 0 Å². The van der Waals surface area contributed by atoms with E-state index in [1.807, 2.05) is 0 Å². The fraction of sp³-hybridized carbons (Fsp3) is 0.875. The molecular formula is C16H24O5. The molecule has 2 atom stereocenters. The summed E-state index contributed by atoms with van der Waals surface area (Å²) in [6, 6.07) is 0. The highest BCUT2D eigenvalue weighted by atomic mass is 16.7. The lowest BCUT2D eigenvalue weighted by Gasteiger charge is -2.59. The summed E-state index contributed by atoms with van der Waals surface area (Å²) in [5.41, 5.74) is -1.90. The maximum absolute atomic E-state index is 12.0. The molecule has 118 valence electrons. The number of carboxylic acids is 1. The first-order valence-electron chi connectivity index (χ1n) is 7.77. The molecule has 2 unspecified atom stereocenters. The first kappa shape index (κ1) is 14.7. The molecule has 4 saturated carbocycles. The van der Waals surface area contributed by atoms with Crippen LogP contribution in [-0.4, -0.2) is 28.4 Å². The highest BCUT2D eigenvalue weighted by Crippen LogP contribution is 2.62. The Hall–Kier alpha value is -1.26. The van der Waals surface area contributed by atoms with Crippen LogP contribution in [0.2, 0.25) is 0 Å². The van der Waals surface area contributed by atoms with Crippen LogP contribution < -0.4 is 0 Å². The first-order chi connectivity index (χ1) is 9.62. The lowest BCUT2D eigenvalue weighted by atomic mass is 9.48. The Morgan fingerprint density at radius 3 is 2.14 bits per heavy atom. The van der Waals surface area contributed by atoms with Gasteiger partial charge in [-0.2, -0.15) is 0 Å². The van der Waals surface area contributed by atoms with Crippen molar-refractivity contribution in [2.45, 2.75) is 70.5 Å². The third kappa shape index (κ3) is 2.62. The van der Waals surface area contributed by atoms with Crippen LogP contribution in [0.3, 0.4) is 0 Å². The summed E-state index contributed by atoms with van der Waals surface area (Å²) >= 11 is 0. The van der Waals surface area contributed by atoms with Crippen molar-refractivity contribution < 1.29 is 24.2 Å². The van der Waals surface area contributed by atoms with Crippen LogP contribution in [0.15, 0.2) is 0 Å². The van der Waals surface area contributed by atoms with Crippen molar-refractivity contribution in [2.24, 2.45) is 17.3 Å². The number of aliphatic carboxylic acids is 1. The number of carbonyl (C=O) groups is 2. The van der Waals surface area contributed by atoms with Gasteiger partial charge in [0.05, 0.1) is 5.41 Å². The van der Waals surface area contributed by atoms with Crippen molar-refractivity contribution in [3.05, 3.63) is 0 Å². The lowest BCUT2D eigenvalue weighted by molar-refractivity contribution is -0.198. The summed E-state index contributed by atoms with van der Waals surface area (Å²) in [6.45, 7) is 5.39. The molecule has 0 spiro atoms. The third-order valence-electron chi connectivity index (χ3n) is 5.15. The Morgan fingerprint density at radius 2 is 1.67 bits per heavy atom. The summed E-state index contributed by atoms with van der Waals surface area (Å²) in [7, 11) is 0. The first-order valence-corrected chi connectivity index (χ1v) is 7.77. The van der Waals surface area contributed by atoms with E-state index in [1.54, 1.807) is 20.8 Å². The molecule has 4 fully saturated rings. The summed E-state index contributed by atoms with van der Waals surface area (Å²) in [5, 5.41) is 9.64. The number of hydrogen-bond acceptors (Lipinski definition) is 4. The Labute approximate surface area is 125 Å². The van der Waals surface area contributed by atoms with Gasteiger partial charge >= 0.3 is 12.1 Å². The van der Waals surface area contributed by atoms with E-state index in [0.29, 0.717) is 18.3 Å². The topological polar surface area (TPSA) is 72.8 Å². The van der Waals surface area contributed by atoms with E-state index in [2.05, 4.69) is 0 Å². The SMILES string of the molecule is CC(C)(C)OC(=O)OC12CC3CC(C1)CC(C(=O)O)(C3)C2. The third-order valence-corrected chi connectivity index (χ3v) is 5.15. The predicted molar refractivity (Wildman–Crippen MR) is 74.8 cm³/mol. The fourth-order valence-electron chi connectivity index (χ4n) is 5.00. The van der Waals surface area contributed by atoms with Gasteiger partial charge in [-0.25, -0.2) is 4.79 Å². The highest BCUT2D eigenvalue weighted by molar-refractivity contribution is 5.76. The second-order valence-corrected chi connectivity index (χ2v) is 8.30. The molecule has 4 bridgehead atoms. The maximum Gasteiger partial charge on any atom is 0.509 e. The number of ether oxygens (including phenoxy) is 2. The summed E-state index contributed by atoms with van der Waals surface area (Å²) in [4.78, 5) is 23.8. The summed E-state index contributed by atoms with van der Waals surface area (Å²) < 4.78 is 10.9. The van der Waals surface area contributed by atoms with Gasteiger partial charge in [0.25, 0.3) is 0 Å². The molecule has 0 aromatic carbocycles. The summed E-state index contributed by atoms with van der Waals surface area (Å²) in [6.07, 6.45) is 3.91. The molecule has 21 heavy (non-hydrogen) atoms. The van der Waals surface area contributed by atoms with E-state index in [9.17, 15) is 14.7 Å². The van der Waals surface area contributed by atoms with Crippen molar-refractivity contribution in [1.29, 1.82) is 0 Å². The van der Waals surface area contributed by atoms with Crippen molar-refractivity contribution in [3.8, 4) is 0 Å². The molecule has 0 aliphatic heterocycles. The van der Waals surface area contributed by atoms with Crippen LogP contribution in [-0.2, 0) is 14.3 Å². The van der Waals surface area contributed by atoms with Gasteiger partial charge in [0.1, 0.15) is 11.2 Å². The number of rotatable bonds is 2. The molecule has 0 aromatic rings. The van der Waals surface area contributed by atoms with Gasteiger partial charge < -0.3 is 14.6 Å². The number of hydrogen-bond donors (Lipinski definition) is 1. The van der Waals surface area contributed by atoms with Gasteiger partial charge in [-0.05, 0) is 64.7 Å². The predicted octanol–water partition coefficient (Wildman–Crippen LogP) is 3.36. The zero-order valence-electron chi connectivity index (χ0n) is 13.0. The Bertz CT molecular complexity index is 462. The zero-order chi connectivity index (χ0) is 15.5. The lowest BCUT2D eigenvalue weighted by Crippen LogP contribution is -2.59. The second-order valence-electron chi connectivity index (χ2n) is 8.30. The van der Waals surface area contributed by atoms with Crippen LogP contribution in [0.4, 0.5) is 4.79 Å². The molecular weight excluding hydrogens is 272 g/mol. The van der Waals surface area contributed by atoms with Gasteiger partial charge in [0.2, 0.25) is 0 Å². The van der Waals surface area contributed by atoms with Gasteiger partial charge in [-0.3, -0.25) is 4.79 Å². The minimum atomic E-state index is -0.728. The highest BCUT2D eigenvalue weighted by Gasteiger charge is 2.62. The standard InChI is InChI=1S/C16H24O5/c1-14(2,3)20-13(19)21-16-7-10-4-11(8-16)6-15(5-10,9-16)12(17)18/h10-11H,4-9H2,1-3H3,(H,17,18). The van der Waals surface area contributed by atoms with E-state index in [1.165, 1.54) is 0 Å². The van der Waals surface area contributed by atoms with Crippen LogP contribution in [0.1, 0.15) is 59.3 Å². The Balaban J connectivity index is 1.79. The van der Waals surface area contributed by atoms with Crippen LogP contribution in [0.25, 0.3) is 0 Å². The molecule has 1 N–H and O–H groups in total. The van der Waals surface area contributed by atoms with Gasteiger partial charge in [0, 0.05) is 6.42 Å². The average molecular weight is 296 g/mol. The zero-order valence-corrected chi connectivity index (χ0v) is 13.0. The molecule has 5 heteroatoms. The van der Waals surface area contributed by atoms with Crippen molar-refractivity contribution >= 4 is 12.1 Å². The molecule has 4 aliphatic rings. The number of carboxylic acid groups (broad SMARTS) is 1. The fourth-order valence-corrected chi connectivity index (χ4v) is 5.00.